The number of benzene rings is 1. The zero-order chi connectivity index (χ0) is 23.1. The number of halogens is 3. The summed E-state index contributed by atoms with van der Waals surface area (Å²) in [7, 11) is -4.29. The highest BCUT2D eigenvalue weighted by molar-refractivity contribution is 7.89. The Hall–Kier alpha value is -2.97. The van der Waals surface area contributed by atoms with Crippen molar-refractivity contribution < 1.29 is 40.7 Å². The van der Waals surface area contributed by atoms with Gasteiger partial charge >= 0.3 is 12.1 Å². The molecule has 0 unspecified atom stereocenters. The summed E-state index contributed by atoms with van der Waals surface area (Å²) in [6, 6.07) is 6.29. The first-order valence-corrected chi connectivity index (χ1v) is 10.8. The quantitative estimate of drug-likeness (QED) is 0.388. The normalized spacial score (nSPS) is 11.6. The Morgan fingerprint density at radius 2 is 1.81 bits per heavy atom. The van der Waals surface area contributed by atoms with E-state index in [9.17, 15) is 36.0 Å². The molecule has 1 aromatic carbocycles. The number of hydrogen-bond acceptors (Lipinski definition) is 7. The van der Waals surface area contributed by atoms with Crippen LogP contribution >= 0.6 is 11.3 Å². The van der Waals surface area contributed by atoms with Gasteiger partial charge in [0.25, 0.3) is 11.8 Å². The fraction of sp³-hybridized carbons (Fsp3) is 0.235. The number of carbonyl (C=O) groups is 3. The van der Waals surface area contributed by atoms with Crippen LogP contribution in [-0.4, -0.2) is 39.4 Å². The minimum Gasteiger partial charge on any atom is -0.455 e. The number of amides is 2. The van der Waals surface area contributed by atoms with Crippen molar-refractivity contribution in [3.05, 3.63) is 52.2 Å². The first-order valence-electron chi connectivity index (χ1n) is 8.44. The summed E-state index contributed by atoms with van der Waals surface area (Å²) in [5, 5.41) is 1.67. The van der Waals surface area contributed by atoms with Gasteiger partial charge in [0.05, 0.1) is 21.8 Å². The van der Waals surface area contributed by atoms with Crippen molar-refractivity contribution in [2.24, 2.45) is 0 Å². The van der Waals surface area contributed by atoms with Gasteiger partial charge in [0.15, 0.2) is 6.61 Å². The molecule has 3 N–H and O–H groups in total. The number of esters is 1. The van der Waals surface area contributed by atoms with E-state index < -0.39 is 64.0 Å². The van der Waals surface area contributed by atoms with Gasteiger partial charge in [-0.1, -0.05) is 12.1 Å². The fourth-order valence-corrected chi connectivity index (χ4v) is 3.76. The van der Waals surface area contributed by atoms with E-state index >= 15 is 0 Å². The summed E-state index contributed by atoms with van der Waals surface area (Å²) in [6.07, 6.45) is -5.19. The minimum atomic E-state index is -4.71. The van der Waals surface area contributed by atoms with Crippen molar-refractivity contribution in [3.63, 3.8) is 0 Å². The summed E-state index contributed by atoms with van der Waals surface area (Å²) >= 11 is 1.15. The molecule has 1 aromatic heterocycles. The topological polar surface area (TPSA) is 131 Å². The van der Waals surface area contributed by atoms with Crippen LogP contribution in [0.1, 0.15) is 21.7 Å². The number of hydrogen-bond donors (Lipinski definition) is 3. The summed E-state index contributed by atoms with van der Waals surface area (Å²) in [6.45, 7) is -1.20. The van der Waals surface area contributed by atoms with Crippen molar-refractivity contribution in [1.29, 1.82) is 0 Å². The lowest BCUT2D eigenvalue weighted by molar-refractivity contribution is -0.148. The third kappa shape index (κ3) is 7.66. The molecule has 31 heavy (non-hydrogen) atoms. The van der Waals surface area contributed by atoms with Crippen LogP contribution in [0.5, 0.6) is 0 Å². The van der Waals surface area contributed by atoms with Crippen molar-refractivity contribution >= 4 is 39.1 Å². The fourth-order valence-electron chi connectivity index (χ4n) is 2.06. The third-order valence-corrected chi connectivity index (χ3v) is 5.84. The van der Waals surface area contributed by atoms with Gasteiger partial charge in [-0.05, 0) is 29.6 Å². The number of ether oxygens (including phenoxy) is 1. The van der Waals surface area contributed by atoms with Crippen LogP contribution in [0.2, 0.25) is 0 Å². The highest BCUT2D eigenvalue weighted by Crippen LogP contribution is 2.30. The predicted molar refractivity (Wildman–Crippen MR) is 102 cm³/mol. The number of alkyl halides is 3. The molecule has 9 nitrogen and oxygen atoms in total. The molecular weight excluding hydrogens is 463 g/mol. The van der Waals surface area contributed by atoms with Gasteiger partial charge in [0, 0.05) is 6.54 Å². The number of carbonyl (C=O) groups excluding carboxylic acids is 3. The van der Waals surface area contributed by atoms with E-state index in [1.54, 1.807) is 11.4 Å². The minimum absolute atomic E-state index is 0.352. The molecule has 0 fully saturated rings. The van der Waals surface area contributed by atoms with Gasteiger partial charge in [-0.25, -0.2) is 13.1 Å². The van der Waals surface area contributed by atoms with E-state index in [1.165, 1.54) is 6.07 Å². The maximum absolute atomic E-state index is 12.7. The second-order valence-electron chi connectivity index (χ2n) is 5.81. The molecule has 14 heteroatoms. The van der Waals surface area contributed by atoms with Crippen LogP contribution in [0.4, 0.5) is 13.2 Å². The Morgan fingerprint density at radius 1 is 1.06 bits per heavy atom. The maximum atomic E-state index is 12.7. The van der Waals surface area contributed by atoms with E-state index in [1.807, 2.05) is 10.1 Å². The van der Waals surface area contributed by atoms with Crippen molar-refractivity contribution in [2.75, 3.05) is 13.2 Å². The van der Waals surface area contributed by atoms with Gasteiger partial charge in [-0.3, -0.25) is 25.2 Å². The zero-order valence-electron chi connectivity index (χ0n) is 15.6. The monoisotopic (exact) mass is 479 g/mol. The number of sulfonamides is 1. The Balaban J connectivity index is 1.73. The molecule has 0 spiro atoms. The summed E-state index contributed by atoms with van der Waals surface area (Å²) < 4.78 is 68.9. The van der Waals surface area contributed by atoms with E-state index in [0.29, 0.717) is 10.9 Å². The lowest BCUT2D eigenvalue weighted by Gasteiger charge is -2.10. The molecule has 2 rings (SSSR count). The molecule has 1 heterocycles. The number of rotatable bonds is 8. The van der Waals surface area contributed by atoms with Crippen molar-refractivity contribution in [2.45, 2.75) is 17.5 Å². The van der Waals surface area contributed by atoms with E-state index in [4.69, 9.17) is 0 Å². The van der Waals surface area contributed by atoms with Crippen molar-refractivity contribution in [1.82, 2.24) is 15.6 Å². The summed E-state index contributed by atoms with van der Waals surface area (Å²) in [4.78, 5) is 34.5. The molecular formula is C17H16F3N3O6S2. The Labute approximate surface area is 178 Å². The van der Waals surface area contributed by atoms with Crippen LogP contribution in [0.3, 0.4) is 0 Å². The van der Waals surface area contributed by atoms with E-state index in [2.05, 4.69) is 10.2 Å². The average molecular weight is 479 g/mol. The number of thiophene rings is 1. The molecule has 168 valence electrons. The standard InChI is InChI=1S/C17H16F3N3O6S2/c18-17(19,20)11-3-1-4-12(9-11)31(27,28)21-7-6-15(25)29-10-14(24)22-23-16(26)13-5-2-8-30-13/h1-5,8-9,21H,6-7,10H2,(H,22,24)(H,23,26). The molecule has 0 aliphatic rings. The predicted octanol–water partition coefficient (Wildman–Crippen LogP) is 1.44. The molecule has 2 aromatic rings. The molecule has 0 aliphatic heterocycles. The van der Waals surface area contributed by atoms with Crippen molar-refractivity contribution in [3.8, 4) is 0 Å². The van der Waals surface area contributed by atoms with Gasteiger partial charge in [0.1, 0.15) is 0 Å². The molecule has 0 saturated heterocycles. The number of nitrogens with one attached hydrogen (secondary N) is 3. The molecule has 0 aliphatic carbocycles. The first kappa shape index (κ1) is 24.3. The summed E-state index contributed by atoms with van der Waals surface area (Å²) in [5.74, 6) is -2.33. The molecule has 0 saturated carbocycles. The Morgan fingerprint density at radius 3 is 2.45 bits per heavy atom. The highest BCUT2D eigenvalue weighted by Gasteiger charge is 2.31. The molecule has 0 bridgehead atoms. The molecule has 0 atom stereocenters. The van der Waals surface area contributed by atoms with Crippen LogP contribution in [-0.2, 0) is 30.5 Å². The van der Waals surface area contributed by atoms with Gasteiger partial charge in [-0.15, -0.1) is 11.3 Å². The van der Waals surface area contributed by atoms with Gasteiger partial charge in [0.2, 0.25) is 10.0 Å². The Kier molecular flexibility index (Phi) is 8.13. The lowest BCUT2D eigenvalue weighted by atomic mass is 10.2. The van der Waals surface area contributed by atoms with Gasteiger partial charge in [-0.2, -0.15) is 13.2 Å². The average Bonchev–Trinajstić information content (AvgIpc) is 3.25. The van der Waals surface area contributed by atoms with Gasteiger partial charge < -0.3 is 4.74 Å². The first-order chi connectivity index (χ1) is 14.5. The highest BCUT2D eigenvalue weighted by atomic mass is 32.2. The zero-order valence-corrected chi connectivity index (χ0v) is 17.2. The second-order valence-corrected chi connectivity index (χ2v) is 8.53. The smallest absolute Gasteiger partial charge is 0.416 e. The van der Waals surface area contributed by atoms with Crippen LogP contribution in [0.15, 0.2) is 46.7 Å². The molecule has 2 amide bonds. The van der Waals surface area contributed by atoms with E-state index in [0.717, 1.165) is 29.5 Å². The van der Waals surface area contributed by atoms with E-state index in [-0.39, 0.29) is 0 Å². The summed E-state index contributed by atoms with van der Waals surface area (Å²) in [5.41, 5.74) is 3.01. The SMILES string of the molecule is O=C(COC(=O)CCNS(=O)(=O)c1cccc(C(F)(F)F)c1)NNC(=O)c1cccs1. The molecule has 0 radical (unpaired) electrons. The number of hydrazine groups is 1. The maximum Gasteiger partial charge on any atom is 0.416 e. The lowest BCUT2D eigenvalue weighted by Crippen LogP contribution is -2.43. The van der Waals surface area contributed by atoms with Crippen LogP contribution in [0, 0.1) is 0 Å². The van der Waals surface area contributed by atoms with Crippen LogP contribution < -0.4 is 15.6 Å². The third-order valence-electron chi connectivity index (χ3n) is 3.52. The Bertz CT molecular complexity index is 1040. The largest absolute Gasteiger partial charge is 0.455 e. The second kappa shape index (κ2) is 10.4. The van der Waals surface area contributed by atoms with Crippen LogP contribution in [0.25, 0.3) is 0 Å².